The number of hydrogen-bond donors (Lipinski definition) is 2. The van der Waals surface area contributed by atoms with Gasteiger partial charge in [-0.1, -0.05) is 12.8 Å². The second kappa shape index (κ2) is 5.52. The van der Waals surface area contributed by atoms with E-state index in [1.165, 1.54) is 12.8 Å². The Balaban J connectivity index is 2.47. The first-order valence-electron chi connectivity index (χ1n) is 5.26. The predicted octanol–water partition coefficient (Wildman–Crippen LogP) is 0.540. The number of nitrogens with one attached hydrogen (secondary N) is 1. The summed E-state index contributed by atoms with van der Waals surface area (Å²) in [6, 6.07) is 0. The second-order valence-corrected chi connectivity index (χ2v) is 7.22. The molecule has 15 heavy (non-hydrogen) atoms. The number of rotatable bonds is 6. The van der Waals surface area contributed by atoms with Crippen LogP contribution in [0.15, 0.2) is 0 Å². The molecule has 1 aliphatic carbocycles. The monoisotopic (exact) mass is 252 g/mol. The van der Waals surface area contributed by atoms with Crippen LogP contribution < -0.4 is 10.5 Å². The van der Waals surface area contributed by atoms with Crippen molar-refractivity contribution in [2.24, 2.45) is 5.73 Å². The van der Waals surface area contributed by atoms with Gasteiger partial charge in [0.1, 0.15) is 0 Å². The van der Waals surface area contributed by atoms with E-state index in [0.717, 1.165) is 12.8 Å². The zero-order valence-electron chi connectivity index (χ0n) is 9.16. The molecular formula is C9H20N2O2S2. The normalized spacial score (nSPS) is 20.7. The van der Waals surface area contributed by atoms with Crippen LogP contribution in [0.1, 0.15) is 25.7 Å². The van der Waals surface area contributed by atoms with E-state index >= 15 is 0 Å². The van der Waals surface area contributed by atoms with Gasteiger partial charge in [0.15, 0.2) is 0 Å². The molecule has 90 valence electrons. The molecule has 0 radical (unpaired) electrons. The van der Waals surface area contributed by atoms with Crippen LogP contribution in [0.5, 0.6) is 0 Å². The van der Waals surface area contributed by atoms with E-state index in [0.29, 0.717) is 6.54 Å². The largest absolute Gasteiger partial charge is 0.329 e. The Morgan fingerprint density at radius 3 is 2.47 bits per heavy atom. The van der Waals surface area contributed by atoms with Crippen LogP contribution in [-0.4, -0.2) is 38.3 Å². The molecule has 1 saturated carbocycles. The van der Waals surface area contributed by atoms with Gasteiger partial charge in [0, 0.05) is 17.8 Å². The summed E-state index contributed by atoms with van der Waals surface area (Å²) in [6.45, 7) is 0.734. The topological polar surface area (TPSA) is 72.2 Å². The summed E-state index contributed by atoms with van der Waals surface area (Å²) in [5.41, 5.74) is 5.24. The van der Waals surface area contributed by atoms with Crippen LogP contribution in [0.25, 0.3) is 0 Å². The Kier molecular flexibility index (Phi) is 4.89. The van der Waals surface area contributed by atoms with E-state index in [-0.39, 0.29) is 17.0 Å². The summed E-state index contributed by atoms with van der Waals surface area (Å²) in [6.07, 6.45) is 6.69. The average molecular weight is 252 g/mol. The van der Waals surface area contributed by atoms with Gasteiger partial charge in [-0.2, -0.15) is 11.8 Å². The fourth-order valence-electron chi connectivity index (χ4n) is 1.94. The lowest BCUT2D eigenvalue weighted by molar-refractivity contribution is 0.551. The van der Waals surface area contributed by atoms with Crippen molar-refractivity contribution in [3.63, 3.8) is 0 Å². The molecule has 3 N–H and O–H groups in total. The predicted molar refractivity (Wildman–Crippen MR) is 65.6 cm³/mol. The van der Waals surface area contributed by atoms with E-state index in [1.807, 2.05) is 0 Å². The smallest absolute Gasteiger partial charge is 0.212 e. The minimum Gasteiger partial charge on any atom is -0.329 e. The number of nitrogens with two attached hydrogens (primary N) is 1. The fourth-order valence-corrected chi connectivity index (χ4v) is 3.90. The molecule has 0 aliphatic heterocycles. The first-order valence-corrected chi connectivity index (χ1v) is 8.14. The lowest BCUT2D eigenvalue weighted by Crippen LogP contribution is -2.40. The maximum absolute atomic E-state index is 11.4. The molecule has 1 fully saturated rings. The summed E-state index contributed by atoms with van der Waals surface area (Å²) >= 11 is 1.78. The van der Waals surface area contributed by atoms with Crippen LogP contribution >= 0.6 is 11.8 Å². The van der Waals surface area contributed by atoms with E-state index in [1.54, 1.807) is 11.8 Å². The maximum Gasteiger partial charge on any atom is 0.212 e. The molecule has 0 spiro atoms. The van der Waals surface area contributed by atoms with Crippen molar-refractivity contribution < 1.29 is 8.42 Å². The van der Waals surface area contributed by atoms with Crippen LogP contribution in [0.3, 0.4) is 0 Å². The van der Waals surface area contributed by atoms with E-state index in [4.69, 9.17) is 5.73 Å². The molecule has 4 nitrogen and oxygen atoms in total. The van der Waals surface area contributed by atoms with E-state index < -0.39 is 10.0 Å². The van der Waals surface area contributed by atoms with Crippen LogP contribution in [-0.2, 0) is 10.0 Å². The summed E-state index contributed by atoms with van der Waals surface area (Å²) in [7, 11) is -3.16. The highest BCUT2D eigenvalue weighted by Gasteiger charge is 2.33. The Morgan fingerprint density at radius 2 is 2.00 bits per heavy atom. The fraction of sp³-hybridized carbons (Fsp3) is 1.00. The van der Waals surface area contributed by atoms with Gasteiger partial charge in [0.05, 0.1) is 5.75 Å². The number of sulfonamides is 1. The van der Waals surface area contributed by atoms with Gasteiger partial charge in [-0.25, -0.2) is 13.1 Å². The van der Waals surface area contributed by atoms with E-state index in [9.17, 15) is 8.42 Å². The van der Waals surface area contributed by atoms with Crippen molar-refractivity contribution in [3.8, 4) is 0 Å². The Bertz CT molecular complexity index is 284. The highest BCUT2D eigenvalue weighted by Crippen LogP contribution is 2.39. The zero-order chi connectivity index (χ0) is 11.4. The standard InChI is InChI=1S/C9H20N2O2S2/c1-14-9(4-2-3-5-9)8-11-15(12,13)7-6-10/h11H,2-8,10H2,1H3. The van der Waals surface area contributed by atoms with Crippen LogP contribution in [0.2, 0.25) is 0 Å². The highest BCUT2D eigenvalue weighted by molar-refractivity contribution is 8.00. The lowest BCUT2D eigenvalue weighted by atomic mass is 10.1. The molecule has 0 amide bonds. The SMILES string of the molecule is CSC1(CNS(=O)(=O)CCN)CCCC1. The molecule has 0 bridgehead atoms. The average Bonchev–Trinajstić information content (AvgIpc) is 2.64. The third kappa shape index (κ3) is 3.94. The van der Waals surface area contributed by atoms with Crippen molar-refractivity contribution in [1.29, 1.82) is 0 Å². The van der Waals surface area contributed by atoms with Crippen molar-refractivity contribution >= 4 is 21.8 Å². The molecule has 1 rings (SSSR count). The highest BCUT2D eigenvalue weighted by atomic mass is 32.2. The third-order valence-electron chi connectivity index (χ3n) is 2.95. The van der Waals surface area contributed by atoms with Gasteiger partial charge >= 0.3 is 0 Å². The summed E-state index contributed by atoms with van der Waals surface area (Å²) < 4.78 is 25.7. The molecule has 0 atom stereocenters. The molecule has 6 heteroatoms. The summed E-state index contributed by atoms with van der Waals surface area (Å²) in [5, 5.41) is 0. The molecule has 0 aromatic rings. The first kappa shape index (κ1) is 13.3. The lowest BCUT2D eigenvalue weighted by Gasteiger charge is -2.26. The van der Waals surface area contributed by atoms with Crippen molar-refractivity contribution in [2.75, 3.05) is 25.1 Å². The van der Waals surface area contributed by atoms with Gasteiger partial charge in [0.2, 0.25) is 10.0 Å². The third-order valence-corrected chi connectivity index (χ3v) is 5.72. The van der Waals surface area contributed by atoms with Crippen LogP contribution in [0, 0.1) is 0 Å². The van der Waals surface area contributed by atoms with Gasteiger partial charge < -0.3 is 5.73 Å². The summed E-state index contributed by atoms with van der Waals surface area (Å²) in [4.78, 5) is 0. The number of hydrogen-bond acceptors (Lipinski definition) is 4. The van der Waals surface area contributed by atoms with Gasteiger partial charge in [-0.05, 0) is 19.1 Å². The molecule has 0 aromatic heterocycles. The quantitative estimate of drug-likeness (QED) is 0.724. The van der Waals surface area contributed by atoms with Crippen molar-refractivity contribution in [3.05, 3.63) is 0 Å². The van der Waals surface area contributed by atoms with Gasteiger partial charge in [-0.3, -0.25) is 0 Å². The minimum absolute atomic E-state index is 0.0253. The van der Waals surface area contributed by atoms with Crippen molar-refractivity contribution in [1.82, 2.24) is 4.72 Å². The molecule has 1 aliphatic rings. The minimum atomic E-state index is -3.16. The molecule has 0 unspecified atom stereocenters. The summed E-state index contributed by atoms with van der Waals surface area (Å²) in [5.74, 6) is 0.0253. The van der Waals surface area contributed by atoms with Crippen LogP contribution in [0.4, 0.5) is 0 Å². The van der Waals surface area contributed by atoms with Crippen molar-refractivity contribution in [2.45, 2.75) is 30.4 Å². The second-order valence-electron chi connectivity index (χ2n) is 4.02. The first-order chi connectivity index (χ1) is 7.04. The Hall–Kier alpha value is 0.220. The molecule has 0 aromatic carbocycles. The Labute approximate surface area is 96.4 Å². The molecule has 0 saturated heterocycles. The molecular weight excluding hydrogens is 232 g/mol. The van der Waals surface area contributed by atoms with E-state index in [2.05, 4.69) is 11.0 Å². The molecule has 0 heterocycles. The zero-order valence-corrected chi connectivity index (χ0v) is 10.8. The Morgan fingerprint density at radius 1 is 1.40 bits per heavy atom. The van der Waals surface area contributed by atoms with Gasteiger partial charge in [-0.15, -0.1) is 0 Å². The van der Waals surface area contributed by atoms with Gasteiger partial charge in [0.25, 0.3) is 0 Å². The number of thioether (sulfide) groups is 1. The maximum atomic E-state index is 11.4.